The van der Waals surface area contributed by atoms with Gasteiger partial charge < -0.3 is 14.7 Å². The fraction of sp³-hybridized carbons (Fsp3) is 0.222. The van der Waals surface area contributed by atoms with Crippen molar-refractivity contribution in [1.82, 2.24) is 4.90 Å². The number of hydrogen-bond acceptors (Lipinski definition) is 5. The zero-order chi connectivity index (χ0) is 23.8. The van der Waals surface area contributed by atoms with Crippen LogP contribution in [0, 0.1) is 6.92 Å². The molecule has 0 saturated carbocycles. The van der Waals surface area contributed by atoms with E-state index in [-0.39, 0.29) is 17.3 Å². The second-order valence-electron chi connectivity index (χ2n) is 8.63. The van der Waals surface area contributed by atoms with E-state index in [1.165, 1.54) is 0 Å². The predicted octanol–water partition coefficient (Wildman–Crippen LogP) is 6.05. The van der Waals surface area contributed by atoms with Crippen LogP contribution in [0.3, 0.4) is 0 Å². The number of rotatable bonds is 4. The number of Topliss-reactive ketones (excluding diaryl/α,β-unsaturated/α-hetero) is 1. The highest BCUT2D eigenvalue weighted by atomic mass is 79.9. The van der Waals surface area contributed by atoms with Gasteiger partial charge in [0.2, 0.25) is 5.78 Å². The molecule has 1 saturated heterocycles. The van der Waals surface area contributed by atoms with Gasteiger partial charge in [-0.25, -0.2) is 0 Å². The molecule has 0 bridgehead atoms. The van der Waals surface area contributed by atoms with Crippen LogP contribution in [0.1, 0.15) is 27.0 Å². The third kappa shape index (κ3) is 4.58. The van der Waals surface area contributed by atoms with Crippen molar-refractivity contribution < 1.29 is 14.6 Å². The van der Waals surface area contributed by atoms with Gasteiger partial charge in [0.1, 0.15) is 11.5 Å². The zero-order valence-electron chi connectivity index (χ0n) is 18.7. The third-order valence-electron chi connectivity index (χ3n) is 6.29. The summed E-state index contributed by atoms with van der Waals surface area (Å²) in [5, 5.41) is 11.5. The average Bonchev–Trinajstić information content (AvgIpc) is 3.13. The number of fused-ring (bicyclic) bond motifs is 1. The molecule has 3 aromatic carbocycles. The molecular formula is C27H24BrClN2O3. The first-order valence-corrected chi connectivity index (χ1v) is 12.3. The van der Waals surface area contributed by atoms with Gasteiger partial charge in [-0.2, -0.15) is 0 Å². The molecule has 0 radical (unpaired) electrons. The van der Waals surface area contributed by atoms with Crippen LogP contribution < -0.4 is 9.64 Å². The van der Waals surface area contributed by atoms with E-state index >= 15 is 0 Å². The number of ether oxygens (including phenoxy) is 1. The molecule has 2 aliphatic rings. The summed E-state index contributed by atoms with van der Waals surface area (Å²) in [6.45, 7) is 5.68. The minimum Gasteiger partial charge on any atom is -0.507 e. The number of halogens is 2. The molecule has 5 nitrogen and oxygen atoms in total. The van der Waals surface area contributed by atoms with Gasteiger partial charge in [-0.3, -0.25) is 9.69 Å². The summed E-state index contributed by atoms with van der Waals surface area (Å²) in [6.07, 6.45) is 1.75. The minimum atomic E-state index is -0.153. The fourth-order valence-corrected chi connectivity index (χ4v) is 5.14. The lowest BCUT2D eigenvalue weighted by Crippen LogP contribution is -2.46. The van der Waals surface area contributed by atoms with Gasteiger partial charge in [-0.1, -0.05) is 45.7 Å². The number of carbonyl (C=O) groups excluding carboxylic acids is 1. The molecule has 0 spiro atoms. The second-order valence-corrected chi connectivity index (χ2v) is 9.99. The molecule has 7 heteroatoms. The standard InChI is InChI=1S/C27H24BrClN2O3/c1-17-12-23(32)22(16-30-8-10-31(11-9-30)21-7-3-6-20(29)15-21)27-25(17)26(33)24(34-27)14-18-4-2-5-19(28)13-18/h2-7,12-15,32H,8-11,16H2,1H3/b24-14-. The number of carbonyl (C=O) groups is 1. The van der Waals surface area contributed by atoms with E-state index < -0.39 is 0 Å². The Labute approximate surface area is 212 Å². The van der Waals surface area contributed by atoms with Crippen molar-refractivity contribution in [3.05, 3.63) is 92.1 Å². The largest absolute Gasteiger partial charge is 0.507 e. The van der Waals surface area contributed by atoms with Gasteiger partial charge in [0, 0.05) is 47.9 Å². The van der Waals surface area contributed by atoms with E-state index in [1.807, 2.05) is 49.4 Å². The number of aromatic hydroxyl groups is 1. The molecule has 34 heavy (non-hydrogen) atoms. The van der Waals surface area contributed by atoms with Crippen molar-refractivity contribution in [3.63, 3.8) is 0 Å². The molecule has 2 aliphatic heterocycles. The number of nitrogens with zero attached hydrogens (tertiary/aromatic N) is 2. The SMILES string of the molecule is Cc1cc(O)c(CN2CCN(c3cccc(Cl)c3)CC2)c2c1C(=O)/C(=C/c1cccc(Br)c1)O2. The fourth-order valence-electron chi connectivity index (χ4n) is 4.54. The van der Waals surface area contributed by atoms with Gasteiger partial charge in [0.05, 0.1) is 11.1 Å². The molecular weight excluding hydrogens is 516 g/mol. The lowest BCUT2D eigenvalue weighted by Gasteiger charge is -2.36. The monoisotopic (exact) mass is 538 g/mol. The second kappa shape index (κ2) is 9.45. The number of piperazine rings is 1. The van der Waals surface area contributed by atoms with E-state index in [9.17, 15) is 9.90 Å². The lowest BCUT2D eigenvalue weighted by atomic mass is 9.99. The first kappa shape index (κ1) is 23.0. The molecule has 0 amide bonds. The Bertz CT molecular complexity index is 1300. The number of phenolic OH excluding ortho intramolecular Hbond substituents is 1. The maximum absolute atomic E-state index is 13.2. The van der Waals surface area contributed by atoms with Gasteiger partial charge in [0.25, 0.3) is 0 Å². The lowest BCUT2D eigenvalue weighted by molar-refractivity contribution is 0.101. The van der Waals surface area contributed by atoms with Crippen LogP contribution in [0.2, 0.25) is 5.02 Å². The van der Waals surface area contributed by atoms with Crippen LogP contribution in [0.4, 0.5) is 5.69 Å². The summed E-state index contributed by atoms with van der Waals surface area (Å²) in [4.78, 5) is 17.8. The highest BCUT2D eigenvalue weighted by Gasteiger charge is 2.34. The summed E-state index contributed by atoms with van der Waals surface area (Å²) in [5.41, 5.74) is 3.88. The van der Waals surface area contributed by atoms with E-state index in [2.05, 4.69) is 31.8 Å². The first-order chi connectivity index (χ1) is 16.4. The van der Waals surface area contributed by atoms with Crippen LogP contribution in [-0.2, 0) is 6.54 Å². The number of aryl methyl sites for hydroxylation is 1. The summed E-state index contributed by atoms with van der Waals surface area (Å²) in [7, 11) is 0. The van der Waals surface area contributed by atoms with Crippen molar-refractivity contribution >= 4 is 45.1 Å². The summed E-state index contributed by atoms with van der Waals surface area (Å²) >= 11 is 9.62. The highest BCUT2D eigenvalue weighted by Crippen LogP contribution is 2.42. The smallest absolute Gasteiger partial charge is 0.232 e. The summed E-state index contributed by atoms with van der Waals surface area (Å²) < 4.78 is 7.01. The van der Waals surface area contributed by atoms with E-state index in [1.54, 1.807) is 12.1 Å². The molecule has 5 rings (SSSR count). The molecule has 0 atom stereocenters. The van der Waals surface area contributed by atoms with Crippen molar-refractivity contribution in [3.8, 4) is 11.5 Å². The van der Waals surface area contributed by atoms with E-state index in [0.29, 0.717) is 29.0 Å². The Hall–Kier alpha value is -2.80. The van der Waals surface area contributed by atoms with Crippen molar-refractivity contribution in [1.29, 1.82) is 0 Å². The number of benzene rings is 3. The number of phenols is 1. The van der Waals surface area contributed by atoms with E-state index in [4.69, 9.17) is 16.3 Å². The highest BCUT2D eigenvalue weighted by molar-refractivity contribution is 9.10. The molecule has 0 unspecified atom stereocenters. The molecule has 1 N–H and O–H groups in total. The van der Waals surface area contributed by atoms with Crippen LogP contribution in [-0.4, -0.2) is 42.0 Å². The van der Waals surface area contributed by atoms with E-state index in [0.717, 1.165) is 46.9 Å². The van der Waals surface area contributed by atoms with Crippen LogP contribution >= 0.6 is 27.5 Å². The summed E-state index contributed by atoms with van der Waals surface area (Å²) in [6, 6.07) is 17.2. The number of hydrogen-bond donors (Lipinski definition) is 1. The van der Waals surface area contributed by atoms with Crippen molar-refractivity contribution in [2.75, 3.05) is 31.1 Å². The summed E-state index contributed by atoms with van der Waals surface area (Å²) in [5.74, 6) is 0.749. The molecule has 0 aromatic heterocycles. The topological polar surface area (TPSA) is 53.0 Å². The Balaban J connectivity index is 1.36. The number of anilines is 1. The predicted molar refractivity (Wildman–Crippen MR) is 139 cm³/mol. The van der Waals surface area contributed by atoms with Crippen molar-refractivity contribution in [2.24, 2.45) is 0 Å². The van der Waals surface area contributed by atoms with Crippen LogP contribution in [0.15, 0.2) is 64.8 Å². The number of allylic oxidation sites excluding steroid dienone is 1. The van der Waals surface area contributed by atoms with Crippen molar-refractivity contribution in [2.45, 2.75) is 13.5 Å². The quantitative estimate of drug-likeness (QED) is 0.409. The number of ketones is 1. The van der Waals surface area contributed by atoms with Gasteiger partial charge in [-0.05, 0) is 60.5 Å². The molecule has 2 heterocycles. The van der Waals surface area contributed by atoms with Gasteiger partial charge >= 0.3 is 0 Å². The average molecular weight is 540 g/mol. The Kier molecular flexibility index (Phi) is 6.38. The van der Waals surface area contributed by atoms with Gasteiger partial charge in [-0.15, -0.1) is 0 Å². The Morgan fingerprint density at radius 1 is 1.09 bits per heavy atom. The third-order valence-corrected chi connectivity index (χ3v) is 7.02. The van der Waals surface area contributed by atoms with Gasteiger partial charge in [0.15, 0.2) is 5.76 Å². The first-order valence-electron chi connectivity index (χ1n) is 11.2. The Morgan fingerprint density at radius 3 is 2.59 bits per heavy atom. The zero-order valence-corrected chi connectivity index (χ0v) is 21.1. The Morgan fingerprint density at radius 2 is 1.85 bits per heavy atom. The molecule has 1 fully saturated rings. The minimum absolute atomic E-state index is 0.153. The van der Waals surface area contributed by atoms with Crippen LogP contribution in [0.5, 0.6) is 11.5 Å². The maximum Gasteiger partial charge on any atom is 0.232 e. The maximum atomic E-state index is 13.2. The normalized spacial score (nSPS) is 17.2. The molecule has 3 aromatic rings. The molecule has 0 aliphatic carbocycles. The van der Waals surface area contributed by atoms with Crippen LogP contribution in [0.25, 0.3) is 6.08 Å². The molecule has 174 valence electrons.